The maximum Gasteiger partial charge on any atom is 0.0991 e. The Labute approximate surface area is 112 Å². The summed E-state index contributed by atoms with van der Waals surface area (Å²) in [4.78, 5) is 0. The number of nitriles is 1. The van der Waals surface area contributed by atoms with E-state index < -0.39 is 6.10 Å². The van der Waals surface area contributed by atoms with Crippen molar-refractivity contribution >= 4 is 11.4 Å². The summed E-state index contributed by atoms with van der Waals surface area (Å²) in [6, 6.07) is 16.3. The molecular weight excluding hydrogens is 238 g/mol. The molecule has 0 saturated heterocycles. The zero-order chi connectivity index (χ0) is 13.7. The van der Waals surface area contributed by atoms with Crippen LogP contribution in [-0.4, -0.2) is 11.7 Å². The summed E-state index contributed by atoms with van der Waals surface area (Å²) in [5.74, 6) is 0. The molecule has 96 valence electrons. The maximum atomic E-state index is 10.0. The zero-order valence-corrected chi connectivity index (χ0v) is 10.4. The molecule has 4 nitrogen and oxygen atoms in total. The molecule has 4 N–H and O–H groups in total. The molecule has 0 amide bonds. The first-order chi connectivity index (χ1) is 9.19. The maximum absolute atomic E-state index is 10.0. The Morgan fingerprint density at radius 3 is 2.58 bits per heavy atom. The minimum atomic E-state index is -0.626. The highest BCUT2D eigenvalue weighted by molar-refractivity contribution is 5.48. The first-order valence-corrected chi connectivity index (χ1v) is 5.96. The predicted octanol–water partition coefficient (Wildman–Crippen LogP) is 2.29. The Hall–Kier alpha value is -2.51. The molecule has 0 aromatic heterocycles. The highest BCUT2D eigenvalue weighted by atomic mass is 16.3. The zero-order valence-electron chi connectivity index (χ0n) is 10.4. The van der Waals surface area contributed by atoms with Crippen molar-refractivity contribution in [1.82, 2.24) is 0 Å². The quantitative estimate of drug-likeness (QED) is 0.730. The van der Waals surface area contributed by atoms with Crippen molar-refractivity contribution < 1.29 is 5.11 Å². The molecule has 0 aliphatic heterocycles. The van der Waals surface area contributed by atoms with Crippen molar-refractivity contribution in [3.63, 3.8) is 0 Å². The Balaban J connectivity index is 1.96. The van der Waals surface area contributed by atoms with Gasteiger partial charge in [-0.2, -0.15) is 5.26 Å². The number of benzene rings is 2. The van der Waals surface area contributed by atoms with Gasteiger partial charge in [0.15, 0.2) is 0 Å². The number of nitrogens with zero attached hydrogens (tertiary/aromatic N) is 1. The van der Waals surface area contributed by atoms with E-state index in [2.05, 4.69) is 11.4 Å². The molecule has 0 radical (unpaired) electrons. The first-order valence-electron chi connectivity index (χ1n) is 5.96. The van der Waals surface area contributed by atoms with Crippen LogP contribution in [0.1, 0.15) is 17.2 Å². The van der Waals surface area contributed by atoms with Crippen molar-refractivity contribution in [1.29, 1.82) is 5.26 Å². The monoisotopic (exact) mass is 253 g/mol. The summed E-state index contributed by atoms with van der Waals surface area (Å²) in [6.45, 7) is 0.384. The van der Waals surface area contributed by atoms with Crippen molar-refractivity contribution in [2.45, 2.75) is 6.10 Å². The van der Waals surface area contributed by atoms with E-state index in [1.165, 1.54) is 0 Å². The lowest BCUT2D eigenvalue weighted by Crippen LogP contribution is -2.12. The van der Waals surface area contributed by atoms with Gasteiger partial charge in [0.05, 0.1) is 17.7 Å². The largest absolute Gasteiger partial charge is 0.399 e. The smallest absolute Gasteiger partial charge is 0.0991 e. The summed E-state index contributed by atoms with van der Waals surface area (Å²) in [6.07, 6.45) is -0.626. The molecule has 0 aliphatic rings. The van der Waals surface area contributed by atoms with Crippen LogP contribution in [0.3, 0.4) is 0 Å². The average molecular weight is 253 g/mol. The van der Waals surface area contributed by atoms with Crippen LogP contribution in [0.25, 0.3) is 0 Å². The van der Waals surface area contributed by atoms with Gasteiger partial charge in [-0.15, -0.1) is 0 Å². The van der Waals surface area contributed by atoms with E-state index in [1.807, 2.05) is 24.3 Å². The molecule has 2 rings (SSSR count). The van der Waals surface area contributed by atoms with Crippen molar-refractivity contribution in [2.24, 2.45) is 0 Å². The Bertz CT molecular complexity index is 587. The number of anilines is 2. The van der Waals surface area contributed by atoms with Gasteiger partial charge in [-0.1, -0.05) is 12.1 Å². The van der Waals surface area contributed by atoms with E-state index in [9.17, 15) is 5.11 Å². The van der Waals surface area contributed by atoms with Gasteiger partial charge in [0.2, 0.25) is 0 Å². The molecular formula is C15H15N3O. The third-order valence-corrected chi connectivity index (χ3v) is 2.81. The van der Waals surface area contributed by atoms with E-state index in [-0.39, 0.29) is 0 Å². The summed E-state index contributed by atoms with van der Waals surface area (Å²) in [5.41, 5.74) is 8.56. The molecule has 0 heterocycles. The Morgan fingerprint density at radius 2 is 1.95 bits per heavy atom. The van der Waals surface area contributed by atoms with Crippen LogP contribution in [0.2, 0.25) is 0 Å². The average Bonchev–Trinajstić information content (AvgIpc) is 2.45. The summed E-state index contributed by atoms with van der Waals surface area (Å²) < 4.78 is 0. The van der Waals surface area contributed by atoms with Gasteiger partial charge in [-0.05, 0) is 42.0 Å². The van der Waals surface area contributed by atoms with Crippen molar-refractivity contribution in [2.75, 3.05) is 17.6 Å². The first kappa shape index (κ1) is 12.9. The van der Waals surface area contributed by atoms with Crippen molar-refractivity contribution in [3.05, 3.63) is 59.7 Å². The minimum Gasteiger partial charge on any atom is -0.399 e. The fourth-order valence-corrected chi connectivity index (χ4v) is 1.76. The normalized spacial score (nSPS) is 11.6. The fraction of sp³-hybridized carbons (Fsp3) is 0.133. The van der Waals surface area contributed by atoms with E-state index in [0.29, 0.717) is 17.8 Å². The van der Waals surface area contributed by atoms with Gasteiger partial charge in [-0.25, -0.2) is 0 Å². The minimum absolute atomic E-state index is 0.384. The molecule has 4 heteroatoms. The SMILES string of the molecule is N#Cc1ccc(NCC(O)c2cccc(N)c2)cc1. The second kappa shape index (κ2) is 5.89. The summed E-state index contributed by atoms with van der Waals surface area (Å²) in [5, 5.41) is 21.8. The molecule has 0 spiro atoms. The number of nitrogens with one attached hydrogen (secondary N) is 1. The van der Waals surface area contributed by atoms with Crippen molar-refractivity contribution in [3.8, 4) is 6.07 Å². The lowest BCUT2D eigenvalue weighted by atomic mass is 10.1. The third-order valence-electron chi connectivity index (χ3n) is 2.81. The highest BCUT2D eigenvalue weighted by Gasteiger charge is 2.07. The standard InChI is InChI=1S/C15H15N3O/c16-9-11-4-6-14(7-5-11)18-10-15(19)12-2-1-3-13(17)8-12/h1-8,15,18-19H,10,17H2. The van der Waals surface area contributed by atoms with Crippen LogP contribution >= 0.6 is 0 Å². The van der Waals surface area contributed by atoms with Crippen LogP contribution in [0, 0.1) is 11.3 Å². The topological polar surface area (TPSA) is 82.1 Å². The molecule has 0 saturated carbocycles. The fourth-order valence-electron chi connectivity index (χ4n) is 1.76. The summed E-state index contributed by atoms with van der Waals surface area (Å²) in [7, 11) is 0. The molecule has 1 atom stereocenters. The van der Waals surface area contributed by atoms with Gasteiger partial charge in [-0.3, -0.25) is 0 Å². The second-order valence-corrected chi connectivity index (χ2v) is 4.26. The molecule has 0 aliphatic carbocycles. The van der Waals surface area contributed by atoms with Gasteiger partial charge >= 0.3 is 0 Å². The molecule has 2 aromatic rings. The van der Waals surface area contributed by atoms with Gasteiger partial charge < -0.3 is 16.2 Å². The predicted molar refractivity (Wildman–Crippen MR) is 75.5 cm³/mol. The number of rotatable bonds is 4. The number of aliphatic hydroxyl groups excluding tert-OH is 1. The molecule has 0 bridgehead atoms. The van der Waals surface area contributed by atoms with Gasteiger partial charge in [0, 0.05) is 17.9 Å². The van der Waals surface area contributed by atoms with E-state index >= 15 is 0 Å². The molecule has 2 aromatic carbocycles. The van der Waals surface area contributed by atoms with E-state index in [0.717, 1.165) is 11.3 Å². The Morgan fingerprint density at radius 1 is 1.21 bits per heavy atom. The molecule has 0 fully saturated rings. The lowest BCUT2D eigenvalue weighted by Gasteiger charge is -2.13. The van der Waals surface area contributed by atoms with Crippen LogP contribution < -0.4 is 11.1 Å². The van der Waals surface area contributed by atoms with Crippen LogP contribution in [0.15, 0.2) is 48.5 Å². The lowest BCUT2D eigenvalue weighted by molar-refractivity contribution is 0.191. The highest BCUT2D eigenvalue weighted by Crippen LogP contribution is 2.17. The number of hydrogen-bond acceptors (Lipinski definition) is 4. The number of nitrogen functional groups attached to an aromatic ring is 1. The van der Waals surface area contributed by atoms with Gasteiger partial charge in [0.25, 0.3) is 0 Å². The third kappa shape index (κ3) is 3.47. The second-order valence-electron chi connectivity index (χ2n) is 4.26. The Kier molecular flexibility index (Phi) is 4.01. The summed E-state index contributed by atoms with van der Waals surface area (Å²) >= 11 is 0. The van der Waals surface area contributed by atoms with E-state index in [1.54, 1.807) is 24.3 Å². The van der Waals surface area contributed by atoms with Gasteiger partial charge in [0.1, 0.15) is 0 Å². The number of hydrogen-bond donors (Lipinski definition) is 3. The van der Waals surface area contributed by atoms with Crippen LogP contribution in [0.4, 0.5) is 11.4 Å². The van der Waals surface area contributed by atoms with Crippen LogP contribution in [0.5, 0.6) is 0 Å². The van der Waals surface area contributed by atoms with E-state index in [4.69, 9.17) is 11.0 Å². The number of aliphatic hydroxyl groups is 1. The molecule has 1 unspecified atom stereocenters. The molecule has 19 heavy (non-hydrogen) atoms. The van der Waals surface area contributed by atoms with Crippen LogP contribution in [-0.2, 0) is 0 Å². The number of nitrogens with two attached hydrogens (primary N) is 1.